The lowest BCUT2D eigenvalue weighted by atomic mass is 10.1. The van der Waals surface area contributed by atoms with Crippen molar-refractivity contribution in [3.63, 3.8) is 0 Å². The molecule has 7 heteroatoms. The van der Waals surface area contributed by atoms with Crippen LogP contribution in [0, 0.1) is 10.1 Å². The third-order valence-corrected chi connectivity index (χ3v) is 4.99. The first-order valence-corrected chi connectivity index (χ1v) is 9.44. The van der Waals surface area contributed by atoms with Crippen molar-refractivity contribution in [2.45, 2.75) is 11.4 Å². The highest BCUT2D eigenvalue weighted by atomic mass is 32.2. The molecule has 0 saturated carbocycles. The van der Waals surface area contributed by atoms with Crippen LogP contribution in [0.5, 0.6) is 0 Å². The van der Waals surface area contributed by atoms with E-state index in [-0.39, 0.29) is 4.90 Å². The maximum atomic E-state index is 11.8. The summed E-state index contributed by atoms with van der Waals surface area (Å²) in [7, 11) is -3.69. The van der Waals surface area contributed by atoms with Crippen molar-refractivity contribution in [1.82, 2.24) is 0 Å². The van der Waals surface area contributed by atoms with Gasteiger partial charge in [-0.15, -0.1) is 0 Å². The molecule has 0 fully saturated rings. The Morgan fingerprint density at radius 2 is 1.72 bits per heavy atom. The molecule has 0 radical (unpaired) electrons. The summed E-state index contributed by atoms with van der Waals surface area (Å²) in [5.74, 6) is 0. The quantitative estimate of drug-likeness (QED) is 0.555. The summed E-state index contributed by atoms with van der Waals surface area (Å²) in [5.41, 5.74) is 1.12. The summed E-state index contributed by atoms with van der Waals surface area (Å²) in [6.45, 7) is 0.478. The molecule has 0 atom stereocenters. The normalized spacial score (nSPS) is 11.4. The monoisotopic (exact) mass is 356 g/mol. The molecule has 3 rings (SSSR count). The number of hydrogen-bond acceptors (Lipinski definition) is 5. The van der Waals surface area contributed by atoms with Gasteiger partial charge in [-0.25, -0.2) is 8.42 Å². The van der Waals surface area contributed by atoms with E-state index in [1.54, 1.807) is 0 Å². The highest BCUT2D eigenvalue weighted by molar-refractivity contribution is 7.90. The number of rotatable bonds is 5. The van der Waals surface area contributed by atoms with Gasteiger partial charge in [0.15, 0.2) is 9.84 Å². The standard InChI is InChI=1S/C18H16N2O4S/c1-25(23,24)18-11-16(8-9-17(18)20(21)22)19-12-13-6-7-14-4-2-3-5-15(14)10-13/h2-11,19H,12H2,1H3. The predicted molar refractivity (Wildman–Crippen MR) is 97.5 cm³/mol. The Bertz CT molecular complexity index is 1060. The molecule has 3 aromatic rings. The van der Waals surface area contributed by atoms with E-state index in [0.717, 1.165) is 22.6 Å². The van der Waals surface area contributed by atoms with Gasteiger partial charge in [-0.1, -0.05) is 36.4 Å². The van der Waals surface area contributed by atoms with E-state index in [9.17, 15) is 18.5 Å². The number of nitro benzene ring substituents is 1. The first-order valence-electron chi connectivity index (χ1n) is 7.54. The number of nitrogens with zero attached hydrogens (tertiary/aromatic N) is 1. The third-order valence-electron chi connectivity index (χ3n) is 3.87. The second kappa shape index (κ2) is 6.52. The number of fused-ring (bicyclic) bond motifs is 1. The predicted octanol–water partition coefficient (Wildman–Crippen LogP) is 3.76. The van der Waals surface area contributed by atoms with E-state index in [1.807, 2.05) is 42.5 Å². The molecule has 0 aliphatic carbocycles. The molecule has 0 spiro atoms. The van der Waals surface area contributed by atoms with Gasteiger partial charge in [-0.05, 0) is 34.5 Å². The van der Waals surface area contributed by atoms with Crippen LogP contribution >= 0.6 is 0 Å². The Kier molecular flexibility index (Phi) is 4.41. The number of benzene rings is 3. The van der Waals surface area contributed by atoms with E-state index >= 15 is 0 Å². The lowest BCUT2D eigenvalue weighted by molar-refractivity contribution is -0.387. The molecular formula is C18H16N2O4S. The van der Waals surface area contributed by atoms with Gasteiger partial charge < -0.3 is 5.32 Å². The first kappa shape index (κ1) is 16.9. The van der Waals surface area contributed by atoms with Crippen LogP contribution < -0.4 is 5.32 Å². The zero-order chi connectivity index (χ0) is 18.0. The van der Waals surface area contributed by atoms with Gasteiger partial charge >= 0.3 is 0 Å². The molecule has 128 valence electrons. The van der Waals surface area contributed by atoms with Crippen LogP contribution in [0.3, 0.4) is 0 Å². The highest BCUT2D eigenvalue weighted by Gasteiger charge is 2.22. The molecule has 6 nitrogen and oxygen atoms in total. The minimum absolute atomic E-state index is 0.291. The Hall–Kier alpha value is -2.93. The average molecular weight is 356 g/mol. The van der Waals surface area contributed by atoms with E-state index in [0.29, 0.717) is 12.2 Å². The summed E-state index contributed by atoms with van der Waals surface area (Å²) >= 11 is 0. The maximum absolute atomic E-state index is 11.8. The minimum Gasteiger partial charge on any atom is -0.381 e. The van der Waals surface area contributed by atoms with Gasteiger partial charge in [-0.2, -0.15) is 0 Å². The SMILES string of the molecule is CS(=O)(=O)c1cc(NCc2ccc3ccccc3c2)ccc1[N+](=O)[O-]. The van der Waals surface area contributed by atoms with Crippen molar-refractivity contribution in [2.75, 3.05) is 11.6 Å². The molecule has 0 heterocycles. The smallest absolute Gasteiger partial charge is 0.288 e. The largest absolute Gasteiger partial charge is 0.381 e. The summed E-state index contributed by atoms with van der Waals surface area (Å²) in [6.07, 6.45) is 0.961. The second-order valence-electron chi connectivity index (χ2n) is 5.75. The molecule has 0 aliphatic rings. The number of nitrogens with one attached hydrogen (secondary N) is 1. The zero-order valence-electron chi connectivity index (χ0n) is 13.5. The molecule has 0 amide bonds. The van der Waals surface area contributed by atoms with Crippen LogP contribution in [0.15, 0.2) is 65.6 Å². The van der Waals surface area contributed by atoms with Crippen molar-refractivity contribution in [2.24, 2.45) is 0 Å². The Morgan fingerprint density at radius 3 is 2.40 bits per heavy atom. The molecule has 3 aromatic carbocycles. The van der Waals surface area contributed by atoms with Gasteiger partial charge in [0.1, 0.15) is 4.90 Å². The Balaban J connectivity index is 1.86. The van der Waals surface area contributed by atoms with Gasteiger partial charge in [-0.3, -0.25) is 10.1 Å². The number of anilines is 1. The van der Waals surface area contributed by atoms with Gasteiger partial charge in [0.25, 0.3) is 5.69 Å². The van der Waals surface area contributed by atoms with Crippen molar-refractivity contribution < 1.29 is 13.3 Å². The molecule has 0 bridgehead atoms. The molecular weight excluding hydrogens is 340 g/mol. The van der Waals surface area contributed by atoms with E-state index in [4.69, 9.17) is 0 Å². The van der Waals surface area contributed by atoms with Crippen molar-refractivity contribution in [3.8, 4) is 0 Å². The van der Waals surface area contributed by atoms with E-state index < -0.39 is 20.4 Å². The molecule has 0 aliphatic heterocycles. The van der Waals surface area contributed by atoms with Crippen LogP contribution in [0.25, 0.3) is 10.8 Å². The minimum atomic E-state index is -3.69. The lowest BCUT2D eigenvalue weighted by Crippen LogP contribution is -2.05. The second-order valence-corrected chi connectivity index (χ2v) is 7.73. The fourth-order valence-electron chi connectivity index (χ4n) is 2.62. The molecule has 0 aromatic heterocycles. The van der Waals surface area contributed by atoms with Gasteiger partial charge in [0.05, 0.1) is 4.92 Å². The van der Waals surface area contributed by atoms with Crippen molar-refractivity contribution >= 4 is 32.0 Å². The Morgan fingerprint density at radius 1 is 1.00 bits per heavy atom. The van der Waals surface area contributed by atoms with E-state index in [2.05, 4.69) is 5.32 Å². The summed E-state index contributed by atoms with van der Waals surface area (Å²) in [6, 6.07) is 18.1. The maximum Gasteiger partial charge on any atom is 0.288 e. The topological polar surface area (TPSA) is 89.3 Å². The number of sulfone groups is 1. The van der Waals surface area contributed by atoms with Crippen molar-refractivity contribution in [1.29, 1.82) is 0 Å². The molecule has 0 unspecified atom stereocenters. The summed E-state index contributed by atoms with van der Waals surface area (Å²) < 4.78 is 23.6. The summed E-state index contributed by atoms with van der Waals surface area (Å²) in [4.78, 5) is 10.0. The van der Waals surface area contributed by atoms with Crippen LogP contribution in [0.1, 0.15) is 5.56 Å². The first-order chi connectivity index (χ1) is 11.8. The fourth-order valence-corrected chi connectivity index (χ4v) is 3.49. The van der Waals surface area contributed by atoms with Crippen LogP contribution in [-0.2, 0) is 16.4 Å². The molecule has 1 N–H and O–H groups in total. The zero-order valence-corrected chi connectivity index (χ0v) is 14.3. The van der Waals surface area contributed by atoms with Crippen molar-refractivity contribution in [3.05, 3.63) is 76.3 Å². The van der Waals surface area contributed by atoms with Gasteiger partial charge in [0.2, 0.25) is 0 Å². The van der Waals surface area contributed by atoms with Gasteiger partial charge in [0, 0.05) is 24.6 Å². The lowest BCUT2D eigenvalue weighted by Gasteiger charge is -2.09. The van der Waals surface area contributed by atoms with Crippen LogP contribution in [-0.4, -0.2) is 19.6 Å². The molecule has 0 saturated heterocycles. The molecule has 25 heavy (non-hydrogen) atoms. The number of hydrogen-bond donors (Lipinski definition) is 1. The van der Waals surface area contributed by atoms with Crippen LogP contribution in [0.2, 0.25) is 0 Å². The van der Waals surface area contributed by atoms with Crippen LogP contribution in [0.4, 0.5) is 11.4 Å². The summed E-state index contributed by atoms with van der Waals surface area (Å²) in [5, 5.41) is 16.4. The Labute approximate surface area is 145 Å². The van der Waals surface area contributed by atoms with E-state index in [1.165, 1.54) is 18.2 Å². The fraction of sp³-hybridized carbons (Fsp3) is 0.111. The average Bonchev–Trinajstić information content (AvgIpc) is 2.58. The third kappa shape index (κ3) is 3.77. The number of nitro groups is 1. The highest BCUT2D eigenvalue weighted by Crippen LogP contribution is 2.27.